The molecule has 0 N–H and O–H groups in total. The second kappa shape index (κ2) is 5.61. The Morgan fingerprint density at radius 1 is 1.00 bits per heavy atom. The smallest absolute Gasteiger partial charge is 0.103 e. The highest BCUT2D eigenvalue weighted by Gasteiger charge is 2.12. The van der Waals surface area contributed by atoms with Crippen LogP contribution in [0.4, 0.5) is 0 Å². The standard InChI is InChI=1S/C18H23NS/c1-4-6-8-13-9-10-17-15(11-13)16-12-14(7-5-2)20-18(16)19(17)3/h9-12H,4-8H2,1-3H3. The molecule has 0 aliphatic carbocycles. The normalized spacial score (nSPS) is 11.8. The van der Waals surface area contributed by atoms with E-state index in [0.717, 1.165) is 0 Å². The van der Waals surface area contributed by atoms with Crippen LogP contribution >= 0.6 is 11.3 Å². The molecule has 0 bridgehead atoms. The van der Waals surface area contributed by atoms with Crippen LogP contribution in [-0.2, 0) is 19.9 Å². The van der Waals surface area contributed by atoms with Crippen molar-refractivity contribution in [1.82, 2.24) is 4.57 Å². The van der Waals surface area contributed by atoms with Gasteiger partial charge in [-0.25, -0.2) is 0 Å². The molecule has 106 valence electrons. The Bertz CT molecular complexity index is 733. The van der Waals surface area contributed by atoms with Crippen LogP contribution in [0.15, 0.2) is 24.3 Å². The van der Waals surface area contributed by atoms with Crippen molar-refractivity contribution in [1.29, 1.82) is 0 Å². The Kier molecular flexibility index (Phi) is 3.84. The van der Waals surface area contributed by atoms with Crippen LogP contribution in [0, 0.1) is 0 Å². The Hall–Kier alpha value is -1.28. The monoisotopic (exact) mass is 285 g/mol. The number of hydrogen-bond acceptors (Lipinski definition) is 1. The summed E-state index contributed by atoms with van der Waals surface area (Å²) in [5.74, 6) is 0. The quantitative estimate of drug-likeness (QED) is 0.567. The number of aryl methyl sites for hydroxylation is 3. The van der Waals surface area contributed by atoms with Gasteiger partial charge in [0.05, 0.1) is 0 Å². The molecule has 3 rings (SSSR count). The van der Waals surface area contributed by atoms with Gasteiger partial charge in [0.15, 0.2) is 0 Å². The fraction of sp³-hybridized carbons (Fsp3) is 0.444. The molecule has 0 spiro atoms. The third-order valence-electron chi connectivity index (χ3n) is 4.10. The average molecular weight is 285 g/mol. The first-order chi connectivity index (χ1) is 9.74. The highest BCUT2D eigenvalue weighted by atomic mass is 32.1. The first-order valence-electron chi connectivity index (χ1n) is 7.74. The summed E-state index contributed by atoms with van der Waals surface area (Å²) in [4.78, 5) is 2.95. The summed E-state index contributed by atoms with van der Waals surface area (Å²) in [6.07, 6.45) is 6.19. The van der Waals surface area contributed by atoms with Gasteiger partial charge in [-0.1, -0.05) is 32.8 Å². The van der Waals surface area contributed by atoms with Crippen molar-refractivity contribution in [2.75, 3.05) is 0 Å². The third-order valence-corrected chi connectivity index (χ3v) is 5.37. The van der Waals surface area contributed by atoms with Gasteiger partial charge in [-0.05, 0) is 43.0 Å². The van der Waals surface area contributed by atoms with Crippen molar-refractivity contribution in [3.05, 3.63) is 34.7 Å². The van der Waals surface area contributed by atoms with Crippen LogP contribution in [0.1, 0.15) is 43.6 Å². The van der Waals surface area contributed by atoms with E-state index in [1.807, 2.05) is 11.3 Å². The van der Waals surface area contributed by atoms with Crippen molar-refractivity contribution in [3.8, 4) is 0 Å². The molecule has 0 unspecified atom stereocenters. The van der Waals surface area contributed by atoms with Gasteiger partial charge in [-0.2, -0.15) is 0 Å². The van der Waals surface area contributed by atoms with E-state index in [2.05, 4.69) is 49.7 Å². The Morgan fingerprint density at radius 3 is 2.60 bits per heavy atom. The molecule has 0 saturated heterocycles. The van der Waals surface area contributed by atoms with E-state index >= 15 is 0 Å². The number of rotatable bonds is 5. The average Bonchev–Trinajstić information content (AvgIpc) is 2.97. The van der Waals surface area contributed by atoms with Crippen LogP contribution in [-0.4, -0.2) is 4.57 Å². The van der Waals surface area contributed by atoms with Gasteiger partial charge in [-0.15, -0.1) is 11.3 Å². The summed E-state index contributed by atoms with van der Waals surface area (Å²) >= 11 is 1.96. The highest BCUT2D eigenvalue weighted by molar-refractivity contribution is 7.19. The molecule has 3 aromatic rings. The topological polar surface area (TPSA) is 4.93 Å². The number of unbranched alkanes of at least 4 members (excludes halogenated alkanes) is 1. The van der Waals surface area contributed by atoms with Crippen molar-refractivity contribution in [2.24, 2.45) is 7.05 Å². The molecule has 20 heavy (non-hydrogen) atoms. The van der Waals surface area contributed by atoms with Gasteiger partial charge >= 0.3 is 0 Å². The van der Waals surface area contributed by atoms with Gasteiger partial charge < -0.3 is 4.57 Å². The number of nitrogens with zero attached hydrogens (tertiary/aromatic N) is 1. The fourth-order valence-electron chi connectivity index (χ4n) is 2.98. The van der Waals surface area contributed by atoms with Crippen molar-refractivity contribution in [3.63, 3.8) is 0 Å². The number of fused-ring (bicyclic) bond motifs is 3. The third kappa shape index (κ3) is 2.26. The minimum atomic E-state index is 1.20. The number of hydrogen-bond donors (Lipinski definition) is 0. The zero-order valence-corrected chi connectivity index (χ0v) is 13.5. The van der Waals surface area contributed by atoms with Crippen LogP contribution in [0.5, 0.6) is 0 Å². The molecular weight excluding hydrogens is 262 g/mol. The number of thiophene rings is 1. The lowest BCUT2D eigenvalue weighted by atomic mass is 10.1. The predicted molar refractivity (Wildman–Crippen MR) is 90.9 cm³/mol. The summed E-state index contributed by atoms with van der Waals surface area (Å²) in [6, 6.07) is 9.42. The zero-order valence-electron chi connectivity index (χ0n) is 12.7. The van der Waals surface area contributed by atoms with Gasteiger partial charge in [-0.3, -0.25) is 0 Å². The first-order valence-corrected chi connectivity index (χ1v) is 8.56. The molecule has 0 radical (unpaired) electrons. The second-order valence-electron chi connectivity index (χ2n) is 5.70. The van der Waals surface area contributed by atoms with Gasteiger partial charge in [0.2, 0.25) is 0 Å². The zero-order chi connectivity index (χ0) is 14.1. The van der Waals surface area contributed by atoms with E-state index in [-0.39, 0.29) is 0 Å². The lowest BCUT2D eigenvalue weighted by Gasteiger charge is -2.02. The molecule has 1 aromatic carbocycles. The van der Waals surface area contributed by atoms with E-state index in [4.69, 9.17) is 0 Å². The van der Waals surface area contributed by atoms with Crippen molar-refractivity contribution >= 4 is 32.5 Å². The second-order valence-corrected chi connectivity index (χ2v) is 6.81. The van der Waals surface area contributed by atoms with Gasteiger partial charge in [0.25, 0.3) is 0 Å². The molecule has 0 atom stereocenters. The SMILES string of the molecule is CCCCc1ccc2c(c1)c1cc(CCC)sc1n2C. The fourth-order valence-corrected chi connectivity index (χ4v) is 4.23. The van der Waals surface area contributed by atoms with Crippen molar-refractivity contribution < 1.29 is 0 Å². The predicted octanol–water partition coefficient (Wildman–Crippen LogP) is 5.69. The molecule has 0 aliphatic heterocycles. The largest absolute Gasteiger partial charge is 0.335 e. The summed E-state index contributed by atoms with van der Waals surface area (Å²) in [6.45, 7) is 4.51. The molecule has 0 saturated carbocycles. The van der Waals surface area contributed by atoms with E-state index in [1.54, 1.807) is 0 Å². The molecule has 0 amide bonds. The van der Waals surface area contributed by atoms with Crippen LogP contribution in [0.2, 0.25) is 0 Å². The van der Waals surface area contributed by atoms with Crippen LogP contribution < -0.4 is 0 Å². The molecule has 2 heteroatoms. The lowest BCUT2D eigenvalue weighted by Crippen LogP contribution is -1.87. The van der Waals surface area contributed by atoms with Gasteiger partial charge in [0.1, 0.15) is 4.83 Å². The molecule has 2 heterocycles. The summed E-state index contributed by atoms with van der Waals surface area (Å²) in [5.41, 5.74) is 2.85. The van der Waals surface area contributed by atoms with E-state index in [0.29, 0.717) is 0 Å². The molecule has 1 nitrogen and oxygen atoms in total. The summed E-state index contributed by atoms with van der Waals surface area (Å²) < 4.78 is 2.36. The Morgan fingerprint density at radius 2 is 1.85 bits per heavy atom. The summed E-state index contributed by atoms with van der Waals surface area (Å²) in [5, 5.41) is 2.89. The minimum Gasteiger partial charge on any atom is -0.335 e. The van der Waals surface area contributed by atoms with Gasteiger partial charge in [0, 0.05) is 28.2 Å². The molecule has 0 fully saturated rings. The highest BCUT2D eigenvalue weighted by Crippen LogP contribution is 2.35. The lowest BCUT2D eigenvalue weighted by molar-refractivity contribution is 0.796. The number of aromatic nitrogens is 1. The maximum Gasteiger partial charge on any atom is 0.103 e. The van der Waals surface area contributed by atoms with E-state index in [1.165, 1.54) is 63.7 Å². The maximum atomic E-state index is 2.41. The molecular formula is C18H23NS. The van der Waals surface area contributed by atoms with E-state index < -0.39 is 0 Å². The minimum absolute atomic E-state index is 1.20. The van der Waals surface area contributed by atoms with Crippen LogP contribution in [0.25, 0.3) is 21.1 Å². The molecule has 2 aromatic heterocycles. The summed E-state index contributed by atoms with van der Waals surface area (Å²) in [7, 11) is 2.20. The Balaban J connectivity index is 2.13. The maximum absolute atomic E-state index is 2.41. The molecule has 0 aliphatic rings. The van der Waals surface area contributed by atoms with Crippen LogP contribution in [0.3, 0.4) is 0 Å². The Labute approximate surface area is 125 Å². The van der Waals surface area contributed by atoms with Crippen molar-refractivity contribution in [2.45, 2.75) is 46.0 Å². The van der Waals surface area contributed by atoms with E-state index in [9.17, 15) is 0 Å². The first kappa shape index (κ1) is 13.7. The number of benzene rings is 1.